The van der Waals surface area contributed by atoms with Gasteiger partial charge >= 0.3 is 6.18 Å². The highest BCUT2D eigenvalue weighted by Gasteiger charge is 2.52. The Morgan fingerprint density at radius 1 is 1.07 bits per heavy atom. The molecule has 0 radical (unpaired) electrons. The first kappa shape index (κ1) is 43.2. The van der Waals surface area contributed by atoms with Crippen LogP contribution in [0.3, 0.4) is 0 Å². The van der Waals surface area contributed by atoms with E-state index < -0.39 is 40.4 Å². The Morgan fingerprint density at radius 2 is 1.81 bits per heavy atom. The number of piperazine rings is 1. The van der Waals surface area contributed by atoms with Crippen molar-refractivity contribution in [3.05, 3.63) is 71.5 Å². The molecule has 314 valence electrons. The molecule has 3 fully saturated rings. The Labute approximate surface area is 346 Å². The lowest BCUT2D eigenvalue weighted by Crippen LogP contribution is -2.61. The van der Waals surface area contributed by atoms with Crippen molar-refractivity contribution in [3.63, 3.8) is 0 Å². The second-order valence-corrected chi connectivity index (χ2v) is 16.4. The molecule has 0 bridgehead atoms. The second kappa shape index (κ2) is 17.1. The summed E-state index contributed by atoms with van der Waals surface area (Å²) in [4.78, 5) is 61.6. The van der Waals surface area contributed by atoms with Gasteiger partial charge in [-0.2, -0.15) is 18.4 Å². The van der Waals surface area contributed by atoms with E-state index in [-0.39, 0.29) is 41.9 Å². The van der Waals surface area contributed by atoms with Gasteiger partial charge in [0.25, 0.3) is 5.91 Å². The molecule has 4 amide bonds. The topological polar surface area (TPSA) is 163 Å². The molecule has 0 aliphatic carbocycles. The number of pyridine rings is 1. The first-order valence-corrected chi connectivity index (χ1v) is 19.9. The van der Waals surface area contributed by atoms with Crippen LogP contribution in [0.5, 0.6) is 5.75 Å². The number of rotatable bonds is 12. The molecule has 3 aromatic rings. The minimum atomic E-state index is -4.84. The van der Waals surface area contributed by atoms with Gasteiger partial charge in [0.2, 0.25) is 17.7 Å². The number of aryl methyl sites for hydroxylation is 1. The Balaban J connectivity index is 1.03. The largest absolute Gasteiger partial charge is 0.492 e. The van der Waals surface area contributed by atoms with Gasteiger partial charge in [-0.1, -0.05) is 13.0 Å². The number of amides is 4. The van der Waals surface area contributed by atoms with Gasteiger partial charge < -0.3 is 20.3 Å². The molecule has 2 atom stereocenters. The monoisotopic (exact) mass is 835 g/mol. The third-order valence-electron chi connectivity index (χ3n) is 11.0. The summed E-state index contributed by atoms with van der Waals surface area (Å²) in [5.74, 6) is -0.629. The number of ether oxygens (including phenoxy) is 1. The zero-order valence-corrected chi connectivity index (χ0v) is 34.4. The number of carbonyl (C=O) groups excluding carboxylic acids is 4. The van der Waals surface area contributed by atoms with Crippen LogP contribution in [0.4, 0.5) is 35.9 Å². The van der Waals surface area contributed by atoms with E-state index in [1.807, 2.05) is 19.1 Å². The highest BCUT2D eigenvalue weighted by molar-refractivity contribution is 7.81. The van der Waals surface area contributed by atoms with E-state index in [2.05, 4.69) is 44.6 Å². The quantitative estimate of drug-likeness (QED) is 0.143. The number of benzene rings is 2. The molecule has 1 aromatic heterocycles. The number of anilines is 4. The number of nitrogens with zero attached hydrogens (tertiary/aromatic N) is 6. The van der Waals surface area contributed by atoms with Crippen LogP contribution in [0.1, 0.15) is 64.3 Å². The average Bonchev–Trinajstić information content (AvgIpc) is 3.35. The summed E-state index contributed by atoms with van der Waals surface area (Å²) in [6.45, 7) is 12.8. The Bertz CT molecular complexity index is 2160. The molecule has 4 heterocycles. The number of piperidine rings is 1. The van der Waals surface area contributed by atoms with Crippen LogP contribution in [-0.4, -0.2) is 100 Å². The molecule has 0 spiro atoms. The van der Waals surface area contributed by atoms with E-state index in [0.29, 0.717) is 61.9 Å². The van der Waals surface area contributed by atoms with Gasteiger partial charge in [-0.25, -0.2) is 4.98 Å². The summed E-state index contributed by atoms with van der Waals surface area (Å²) < 4.78 is 47.6. The maximum Gasteiger partial charge on any atom is 0.419 e. The molecular weight excluding hydrogens is 788 g/mol. The Morgan fingerprint density at radius 3 is 2.49 bits per heavy atom. The third-order valence-corrected chi connectivity index (χ3v) is 11.4. The average molecular weight is 836 g/mol. The van der Waals surface area contributed by atoms with Crippen molar-refractivity contribution in [1.82, 2.24) is 20.1 Å². The molecule has 3 saturated heterocycles. The van der Waals surface area contributed by atoms with Crippen molar-refractivity contribution >= 4 is 59.0 Å². The third kappa shape index (κ3) is 9.42. The number of carbonyl (C=O) groups is 4. The van der Waals surface area contributed by atoms with E-state index in [9.17, 15) is 37.6 Å². The number of aromatic nitrogens is 1. The standard InChI is InChI=1S/C41H48F3N9O5S/c1-6-25-18-28(53-38(59)52(37(57)40(53,4)5)29-20-30(41(42,43)44)32(21-45)46-22-29)10-12-33(25)58-17-16-50-14-15-51(39(2,3)24-50)23-35(55)48-27-9-7-8-26(19-27)47-31-11-13-34(54)49-36(31)56/h7-10,12,18-20,22,31,38,47,59H,6,11,13-17,23-24H2,1-5H3,(H,48,55)(H,49,54,56). The second-order valence-electron chi connectivity index (χ2n) is 15.9. The fourth-order valence-corrected chi connectivity index (χ4v) is 8.45. The summed E-state index contributed by atoms with van der Waals surface area (Å²) in [6, 6.07) is 14.3. The lowest BCUT2D eigenvalue weighted by Gasteiger charge is -2.46. The highest BCUT2D eigenvalue weighted by atomic mass is 32.1. The number of thiol groups is 1. The van der Waals surface area contributed by atoms with E-state index in [0.717, 1.165) is 29.3 Å². The summed E-state index contributed by atoms with van der Waals surface area (Å²) >= 11 is 4.70. The maximum atomic E-state index is 13.8. The van der Waals surface area contributed by atoms with Gasteiger partial charge in [-0.3, -0.25) is 39.2 Å². The lowest BCUT2D eigenvalue weighted by atomic mass is 9.98. The molecule has 59 heavy (non-hydrogen) atoms. The summed E-state index contributed by atoms with van der Waals surface area (Å²) in [5.41, 5.74) is -1.86. The van der Waals surface area contributed by atoms with Crippen LogP contribution in [0, 0.1) is 11.3 Å². The molecule has 18 heteroatoms. The van der Waals surface area contributed by atoms with Crippen molar-refractivity contribution in [1.29, 1.82) is 5.26 Å². The number of imide groups is 1. The smallest absolute Gasteiger partial charge is 0.419 e. The van der Waals surface area contributed by atoms with Crippen LogP contribution in [0.25, 0.3) is 0 Å². The Hall–Kier alpha value is -5.38. The molecule has 2 unspecified atom stereocenters. The fraction of sp³-hybridized carbons (Fsp3) is 0.463. The van der Waals surface area contributed by atoms with E-state index in [4.69, 9.17) is 17.4 Å². The Kier molecular flexibility index (Phi) is 12.5. The van der Waals surface area contributed by atoms with Crippen molar-refractivity contribution in [2.24, 2.45) is 0 Å². The van der Waals surface area contributed by atoms with Gasteiger partial charge in [0.15, 0.2) is 11.2 Å². The minimum absolute atomic E-state index is 0.122. The van der Waals surface area contributed by atoms with Crippen molar-refractivity contribution in [3.8, 4) is 11.8 Å². The predicted molar refractivity (Wildman–Crippen MR) is 219 cm³/mol. The van der Waals surface area contributed by atoms with Gasteiger partial charge in [-0.15, -0.1) is 12.6 Å². The number of nitriles is 1. The number of halogens is 3. The molecule has 3 aliphatic rings. The minimum Gasteiger partial charge on any atom is -0.492 e. The number of hydrogen-bond donors (Lipinski definition) is 4. The van der Waals surface area contributed by atoms with E-state index >= 15 is 0 Å². The summed E-state index contributed by atoms with van der Waals surface area (Å²) in [7, 11) is 0. The van der Waals surface area contributed by atoms with Crippen molar-refractivity contribution in [2.45, 2.75) is 82.7 Å². The zero-order valence-electron chi connectivity index (χ0n) is 33.5. The van der Waals surface area contributed by atoms with Crippen molar-refractivity contribution in [2.75, 3.05) is 59.8 Å². The fourth-order valence-electron chi connectivity index (χ4n) is 7.79. The van der Waals surface area contributed by atoms with Crippen LogP contribution < -0.4 is 30.5 Å². The molecule has 14 nitrogen and oxygen atoms in total. The summed E-state index contributed by atoms with van der Waals surface area (Å²) in [5, 5.41) is 17.6. The van der Waals surface area contributed by atoms with E-state index in [1.165, 1.54) is 6.07 Å². The molecule has 2 aromatic carbocycles. The number of alkyl halides is 3. The molecule has 3 N–H and O–H groups in total. The van der Waals surface area contributed by atoms with Gasteiger partial charge in [0, 0.05) is 55.2 Å². The normalized spacial score (nSPS) is 20.9. The summed E-state index contributed by atoms with van der Waals surface area (Å²) in [6.07, 6.45) is -2.50. The first-order chi connectivity index (χ1) is 27.8. The van der Waals surface area contributed by atoms with Crippen LogP contribution >= 0.6 is 12.6 Å². The highest BCUT2D eigenvalue weighted by Crippen LogP contribution is 2.43. The molecule has 6 rings (SSSR count). The van der Waals surface area contributed by atoms with Crippen LogP contribution in [0.15, 0.2) is 54.7 Å². The van der Waals surface area contributed by atoms with Gasteiger partial charge in [-0.05, 0) is 88.6 Å². The molecule has 0 saturated carbocycles. The first-order valence-electron chi connectivity index (χ1n) is 19.3. The maximum absolute atomic E-state index is 13.8. The number of nitrogens with one attached hydrogen (secondary N) is 3. The van der Waals surface area contributed by atoms with Gasteiger partial charge in [0.05, 0.1) is 24.0 Å². The van der Waals surface area contributed by atoms with Crippen LogP contribution in [-0.2, 0) is 31.8 Å². The molecule has 3 aliphatic heterocycles. The van der Waals surface area contributed by atoms with Crippen molar-refractivity contribution < 1.29 is 37.1 Å². The number of hydrogen-bond acceptors (Lipinski definition) is 12. The predicted octanol–water partition coefficient (Wildman–Crippen LogP) is 5.01. The SMILES string of the molecule is CCc1cc(N2C(S)N(c3cnc(C#N)c(C(F)(F)F)c3)C(=O)C2(C)C)ccc1OCCN1CCN(CC(=O)Nc2cccc(NC3CCC(=O)NC3=O)c2)C(C)(C)C1. The van der Waals surface area contributed by atoms with Crippen LogP contribution in [0.2, 0.25) is 0 Å². The lowest BCUT2D eigenvalue weighted by molar-refractivity contribution is -0.138. The zero-order chi connectivity index (χ0) is 42.9. The van der Waals surface area contributed by atoms with E-state index in [1.54, 1.807) is 49.1 Å². The van der Waals surface area contributed by atoms with Gasteiger partial charge in [0.1, 0.15) is 30.0 Å². The molecular formula is C41H48F3N9O5S.